The number of carbonyl (C=O) groups excluding carboxylic acids is 1. The first-order valence-electron chi connectivity index (χ1n) is 6.22. The molecule has 0 bridgehead atoms. The second kappa shape index (κ2) is 5.44. The molecule has 0 aliphatic carbocycles. The maximum atomic E-state index is 12.0. The normalized spacial score (nSPS) is 10.4. The number of aromatic nitrogens is 2. The van der Waals surface area contributed by atoms with Gasteiger partial charge in [0.1, 0.15) is 12.1 Å². The number of nitrogens with one attached hydrogen (secondary N) is 1. The number of rotatable bonds is 4. The Morgan fingerprint density at radius 2 is 2.05 bits per heavy atom. The first kappa shape index (κ1) is 12.2. The topological polar surface area (TPSA) is 60.1 Å². The summed E-state index contributed by atoms with van der Waals surface area (Å²) in [5.74, 6) is 0.439. The third-order valence-corrected chi connectivity index (χ3v) is 2.92. The minimum Gasteiger partial charge on any atom is -0.472 e. The minimum atomic E-state index is -0.214. The predicted molar refractivity (Wildman–Crippen MR) is 74.4 cm³/mol. The summed E-state index contributed by atoms with van der Waals surface area (Å²) in [5.41, 5.74) is 1.60. The molecule has 0 spiro atoms. The maximum absolute atomic E-state index is 12.0. The Bertz CT molecular complexity index is 687. The average Bonchev–Trinajstić information content (AvgIpc) is 3.12. The van der Waals surface area contributed by atoms with Crippen molar-refractivity contribution in [3.63, 3.8) is 0 Å². The smallest absolute Gasteiger partial charge is 0.260 e. The number of anilines is 1. The van der Waals surface area contributed by atoms with Crippen LogP contribution >= 0.6 is 0 Å². The van der Waals surface area contributed by atoms with Crippen LogP contribution in [-0.4, -0.2) is 15.7 Å². The van der Waals surface area contributed by atoms with Crippen molar-refractivity contribution in [3.05, 3.63) is 72.3 Å². The molecule has 0 aliphatic heterocycles. The van der Waals surface area contributed by atoms with Crippen LogP contribution in [0.2, 0.25) is 0 Å². The molecule has 3 rings (SSSR count). The third-order valence-electron chi connectivity index (χ3n) is 2.92. The highest BCUT2D eigenvalue weighted by Crippen LogP contribution is 2.12. The van der Waals surface area contributed by atoms with E-state index in [2.05, 4.69) is 10.4 Å². The Hall–Kier alpha value is -2.82. The van der Waals surface area contributed by atoms with Gasteiger partial charge in [0.25, 0.3) is 5.91 Å². The van der Waals surface area contributed by atoms with Gasteiger partial charge in [-0.3, -0.25) is 4.79 Å². The highest BCUT2D eigenvalue weighted by Gasteiger charge is 2.10. The molecule has 0 atom stereocenters. The van der Waals surface area contributed by atoms with E-state index in [9.17, 15) is 4.79 Å². The molecule has 5 heteroatoms. The molecule has 0 fully saturated rings. The summed E-state index contributed by atoms with van der Waals surface area (Å²) >= 11 is 0. The lowest BCUT2D eigenvalue weighted by Crippen LogP contribution is -2.15. The minimum absolute atomic E-state index is 0.214. The van der Waals surface area contributed by atoms with Crippen LogP contribution in [0.5, 0.6) is 0 Å². The van der Waals surface area contributed by atoms with E-state index in [0.29, 0.717) is 17.9 Å². The Kier molecular flexibility index (Phi) is 3.33. The first-order valence-corrected chi connectivity index (χ1v) is 6.22. The number of amides is 1. The molecule has 0 radical (unpaired) electrons. The molecule has 0 aliphatic rings. The molecule has 0 unspecified atom stereocenters. The van der Waals surface area contributed by atoms with Crippen molar-refractivity contribution in [3.8, 4) is 0 Å². The molecular formula is C15H13N3O2. The predicted octanol–water partition coefficient (Wildman–Crippen LogP) is 2.78. The van der Waals surface area contributed by atoms with Gasteiger partial charge >= 0.3 is 0 Å². The highest BCUT2D eigenvalue weighted by atomic mass is 16.3. The molecule has 2 aromatic heterocycles. The zero-order valence-electron chi connectivity index (χ0n) is 10.7. The van der Waals surface area contributed by atoms with Gasteiger partial charge in [-0.05, 0) is 11.6 Å². The second-order valence-electron chi connectivity index (χ2n) is 4.33. The number of hydrogen-bond acceptors (Lipinski definition) is 3. The van der Waals surface area contributed by atoms with Gasteiger partial charge in [-0.1, -0.05) is 30.3 Å². The molecule has 2 heterocycles. The number of benzene rings is 1. The summed E-state index contributed by atoms with van der Waals surface area (Å²) < 4.78 is 6.64. The van der Waals surface area contributed by atoms with E-state index in [1.165, 1.54) is 12.5 Å². The van der Waals surface area contributed by atoms with Crippen LogP contribution in [-0.2, 0) is 6.54 Å². The van der Waals surface area contributed by atoms with E-state index in [1.807, 2.05) is 30.3 Å². The van der Waals surface area contributed by atoms with Crippen LogP contribution in [0.25, 0.3) is 0 Å². The van der Waals surface area contributed by atoms with E-state index in [-0.39, 0.29) is 5.91 Å². The quantitative estimate of drug-likeness (QED) is 0.790. The lowest BCUT2D eigenvalue weighted by molar-refractivity contribution is 0.102. The number of carbonyl (C=O) groups is 1. The molecule has 5 nitrogen and oxygen atoms in total. The van der Waals surface area contributed by atoms with E-state index >= 15 is 0 Å². The zero-order chi connectivity index (χ0) is 13.8. The highest BCUT2D eigenvalue weighted by molar-refractivity contribution is 6.03. The van der Waals surface area contributed by atoms with Gasteiger partial charge in [0.15, 0.2) is 0 Å². The van der Waals surface area contributed by atoms with Gasteiger partial charge in [-0.15, -0.1) is 0 Å². The van der Waals surface area contributed by atoms with Crippen LogP contribution in [0.15, 0.2) is 65.6 Å². The van der Waals surface area contributed by atoms with E-state index < -0.39 is 0 Å². The summed E-state index contributed by atoms with van der Waals surface area (Å²) in [6.07, 6.45) is 4.54. The molecule has 0 saturated carbocycles. The van der Waals surface area contributed by atoms with E-state index in [4.69, 9.17) is 4.42 Å². The van der Waals surface area contributed by atoms with Crippen molar-refractivity contribution in [1.82, 2.24) is 9.78 Å². The molecule has 1 N–H and O–H groups in total. The van der Waals surface area contributed by atoms with Crippen molar-refractivity contribution in [1.29, 1.82) is 0 Å². The summed E-state index contributed by atoms with van der Waals surface area (Å²) in [5, 5.41) is 7.04. The molecule has 3 aromatic rings. The first-order chi connectivity index (χ1) is 9.83. The van der Waals surface area contributed by atoms with Crippen molar-refractivity contribution in [2.24, 2.45) is 0 Å². The fourth-order valence-corrected chi connectivity index (χ4v) is 1.90. The van der Waals surface area contributed by atoms with Gasteiger partial charge in [-0.2, -0.15) is 5.10 Å². The monoisotopic (exact) mass is 267 g/mol. The van der Waals surface area contributed by atoms with Crippen LogP contribution in [0, 0.1) is 0 Å². The number of furan rings is 1. The number of hydrogen-bond donors (Lipinski definition) is 1. The Morgan fingerprint density at radius 1 is 1.20 bits per heavy atom. The van der Waals surface area contributed by atoms with Gasteiger partial charge in [0.2, 0.25) is 0 Å². The SMILES string of the molecule is O=C(Nc1ccnn1Cc1ccccc1)c1ccoc1. The van der Waals surface area contributed by atoms with Crippen molar-refractivity contribution in [2.45, 2.75) is 6.54 Å². The lowest BCUT2D eigenvalue weighted by atomic mass is 10.2. The summed E-state index contributed by atoms with van der Waals surface area (Å²) in [4.78, 5) is 12.0. The molecule has 1 aromatic carbocycles. The standard InChI is InChI=1S/C15H13N3O2/c19-15(13-7-9-20-11-13)17-14-6-8-16-18(14)10-12-4-2-1-3-5-12/h1-9,11H,10H2,(H,17,19). The average molecular weight is 267 g/mol. The van der Waals surface area contributed by atoms with Crippen molar-refractivity contribution >= 4 is 11.7 Å². The van der Waals surface area contributed by atoms with E-state index in [0.717, 1.165) is 5.56 Å². The van der Waals surface area contributed by atoms with Gasteiger partial charge < -0.3 is 9.73 Å². The Morgan fingerprint density at radius 3 is 2.80 bits per heavy atom. The van der Waals surface area contributed by atoms with Crippen molar-refractivity contribution < 1.29 is 9.21 Å². The Balaban J connectivity index is 1.75. The van der Waals surface area contributed by atoms with E-state index in [1.54, 1.807) is 23.0 Å². The summed E-state index contributed by atoms with van der Waals surface area (Å²) in [6.45, 7) is 0.606. The van der Waals surface area contributed by atoms with Crippen LogP contribution in [0.3, 0.4) is 0 Å². The van der Waals surface area contributed by atoms with Crippen LogP contribution in [0.4, 0.5) is 5.82 Å². The van der Waals surface area contributed by atoms with Crippen molar-refractivity contribution in [2.75, 3.05) is 5.32 Å². The second-order valence-corrected chi connectivity index (χ2v) is 4.33. The zero-order valence-corrected chi connectivity index (χ0v) is 10.7. The molecule has 0 saturated heterocycles. The third kappa shape index (κ3) is 2.61. The van der Waals surface area contributed by atoms with Gasteiger partial charge in [0, 0.05) is 6.07 Å². The molecular weight excluding hydrogens is 254 g/mol. The molecule has 100 valence electrons. The van der Waals surface area contributed by atoms with Gasteiger partial charge in [-0.25, -0.2) is 4.68 Å². The van der Waals surface area contributed by atoms with Crippen LogP contribution in [0.1, 0.15) is 15.9 Å². The lowest BCUT2D eigenvalue weighted by Gasteiger charge is -2.08. The maximum Gasteiger partial charge on any atom is 0.260 e. The van der Waals surface area contributed by atoms with Gasteiger partial charge in [0.05, 0.1) is 24.6 Å². The Labute approximate surface area is 115 Å². The molecule has 1 amide bonds. The fourth-order valence-electron chi connectivity index (χ4n) is 1.90. The number of nitrogens with zero attached hydrogens (tertiary/aromatic N) is 2. The summed E-state index contributed by atoms with van der Waals surface area (Å²) in [7, 11) is 0. The summed E-state index contributed by atoms with van der Waals surface area (Å²) in [6, 6.07) is 13.3. The van der Waals surface area contributed by atoms with Crippen LogP contribution < -0.4 is 5.32 Å². The fraction of sp³-hybridized carbons (Fsp3) is 0.0667. The molecule has 20 heavy (non-hydrogen) atoms. The largest absolute Gasteiger partial charge is 0.472 e.